The molecule has 0 saturated carbocycles. The Bertz CT molecular complexity index is 622. The molecule has 112 valence electrons. The second kappa shape index (κ2) is 7.24. The molecule has 0 unspecified atom stereocenters. The second-order valence-corrected chi connectivity index (χ2v) is 5.06. The maximum atomic E-state index is 5.79. The number of rotatable bonds is 6. The van der Waals surface area contributed by atoms with E-state index in [4.69, 9.17) is 15.2 Å². The van der Waals surface area contributed by atoms with Gasteiger partial charge in [-0.05, 0) is 35.0 Å². The van der Waals surface area contributed by atoms with Crippen molar-refractivity contribution in [2.75, 3.05) is 24.8 Å². The van der Waals surface area contributed by atoms with E-state index in [-0.39, 0.29) is 0 Å². The van der Waals surface area contributed by atoms with Crippen molar-refractivity contribution in [3.8, 4) is 5.75 Å². The van der Waals surface area contributed by atoms with Crippen molar-refractivity contribution in [3.63, 3.8) is 0 Å². The average molecular weight is 353 g/mol. The third-order valence-corrected chi connectivity index (χ3v) is 3.31. The predicted octanol–water partition coefficient (Wildman–Crippen LogP) is 3.11. The largest absolute Gasteiger partial charge is 0.495 e. The molecule has 2 aromatic rings. The molecule has 1 aromatic carbocycles. The molecule has 3 N–H and O–H groups in total. The fraction of sp³-hybridized carbons (Fsp3) is 0.286. The molecular formula is C14H17BrN4O2. The van der Waals surface area contributed by atoms with Crippen LogP contribution < -0.4 is 15.8 Å². The number of ether oxygens (including phenoxy) is 2. The van der Waals surface area contributed by atoms with Crippen LogP contribution in [0, 0.1) is 0 Å². The van der Waals surface area contributed by atoms with Crippen molar-refractivity contribution < 1.29 is 9.47 Å². The molecule has 7 heteroatoms. The van der Waals surface area contributed by atoms with Gasteiger partial charge in [0.2, 0.25) is 0 Å². The third kappa shape index (κ3) is 4.30. The van der Waals surface area contributed by atoms with E-state index >= 15 is 0 Å². The van der Waals surface area contributed by atoms with Gasteiger partial charge in [-0.2, -0.15) is 0 Å². The lowest BCUT2D eigenvalue weighted by molar-refractivity contribution is 0.128. The molecule has 0 bridgehead atoms. The van der Waals surface area contributed by atoms with Crippen molar-refractivity contribution >= 4 is 33.3 Å². The first-order chi connectivity index (χ1) is 10.1. The molecule has 0 atom stereocenters. The van der Waals surface area contributed by atoms with Crippen LogP contribution in [0.5, 0.6) is 5.75 Å². The number of benzene rings is 1. The molecule has 0 saturated heterocycles. The summed E-state index contributed by atoms with van der Waals surface area (Å²) in [6.07, 6.45) is 0. The number of halogens is 1. The molecule has 0 radical (unpaired) electrons. The third-order valence-electron chi connectivity index (χ3n) is 2.65. The quantitative estimate of drug-likeness (QED) is 0.830. The van der Waals surface area contributed by atoms with Crippen LogP contribution in [0.4, 0.5) is 17.3 Å². The number of hydrogen-bond donors (Lipinski definition) is 2. The van der Waals surface area contributed by atoms with E-state index in [1.807, 2.05) is 25.1 Å². The molecule has 0 aliphatic rings. The minimum atomic E-state index is 0.333. The summed E-state index contributed by atoms with van der Waals surface area (Å²) >= 11 is 3.41. The van der Waals surface area contributed by atoms with Crippen molar-refractivity contribution in [1.82, 2.24) is 9.97 Å². The molecular weight excluding hydrogens is 336 g/mol. The van der Waals surface area contributed by atoms with Crippen LogP contribution in [-0.4, -0.2) is 23.7 Å². The van der Waals surface area contributed by atoms with Crippen molar-refractivity contribution in [1.29, 1.82) is 0 Å². The minimum absolute atomic E-state index is 0.333. The highest BCUT2D eigenvalue weighted by molar-refractivity contribution is 9.10. The summed E-state index contributed by atoms with van der Waals surface area (Å²) < 4.78 is 11.4. The van der Waals surface area contributed by atoms with Gasteiger partial charge < -0.3 is 20.5 Å². The smallest absolute Gasteiger partial charge is 0.158 e. The van der Waals surface area contributed by atoms with Gasteiger partial charge in [-0.1, -0.05) is 0 Å². The van der Waals surface area contributed by atoms with Crippen LogP contribution in [0.3, 0.4) is 0 Å². The summed E-state index contributed by atoms with van der Waals surface area (Å²) in [5.41, 5.74) is 6.63. The van der Waals surface area contributed by atoms with Crippen LogP contribution in [0.2, 0.25) is 0 Å². The fourth-order valence-electron chi connectivity index (χ4n) is 1.73. The van der Waals surface area contributed by atoms with E-state index in [1.165, 1.54) is 0 Å². The summed E-state index contributed by atoms with van der Waals surface area (Å²) in [7, 11) is 1.62. The Kier molecular flexibility index (Phi) is 5.35. The second-order valence-electron chi connectivity index (χ2n) is 4.21. The van der Waals surface area contributed by atoms with Gasteiger partial charge in [-0.3, -0.25) is 0 Å². The van der Waals surface area contributed by atoms with Crippen molar-refractivity contribution in [2.45, 2.75) is 13.5 Å². The summed E-state index contributed by atoms with van der Waals surface area (Å²) in [6, 6.07) is 7.34. The normalized spacial score (nSPS) is 10.4. The Balaban J connectivity index is 2.20. The SMILES string of the molecule is CCOCc1nc(N)cc(Nc2ccc(Br)c(OC)c2)n1. The number of nitrogens with zero attached hydrogens (tertiary/aromatic N) is 2. The van der Waals surface area contributed by atoms with Gasteiger partial charge in [-0.25, -0.2) is 9.97 Å². The zero-order valence-electron chi connectivity index (χ0n) is 11.9. The van der Waals surface area contributed by atoms with E-state index in [9.17, 15) is 0 Å². The van der Waals surface area contributed by atoms with Gasteiger partial charge in [0, 0.05) is 24.4 Å². The Morgan fingerprint density at radius 1 is 1.29 bits per heavy atom. The Hall–Kier alpha value is -1.86. The number of hydrogen-bond acceptors (Lipinski definition) is 6. The lowest BCUT2D eigenvalue weighted by atomic mass is 10.3. The lowest BCUT2D eigenvalue weighted by Crippen LogP contribution is -2.05. The first-order valence-corrected chi connectivity index (χ1v) is 7.23. The molecule has 0 aliphatic heterocycles. The number of anilines is 3. The number of aromatic nitrogens is 2. The number of nitrogen functional groups attached to an aromatic ring is 1. The lowest BCUT2D eigenvalue weighted by Gasteiger charge is -2.10. The maximum absolute atomic E-state index is 5.79. The van der Waals surface area contributed by atoms with Crippen LogP contribution in [-0.2, 0) is 11.3 Å². The number of methoxy groups -OCH3 is 1. The van der Waals surface area contributed by atoms with Crippen molar-refractivity contribution in [3.05, 3.63) is 34.6 Å². The highest BCUT2D eigenvalue weighted by atomic mass is 79.9. The van der Waals surface area contributed by atoms with Gasteiger partial charge in [-0.15, -0.1) is 0 Å². The van der Waals surface area contributed by atoms with Gasteiger partial charge >= 0.3 is 0 Å². The van der Waals surface area contributed by atoms with Crippen molar-refractivity contribution in [2.24, 2.45) is 0 Å². The highest BCUT2D eigenvalue weighted by Crippen LogP contribution is 2.29. The van der Waals surface area contributed by atoms with Gasteiger partial charge in [0.05, 0.1) is 11.6 Å². The Labute approximate surface area is 131 Å². The van der Waals surface area contributed by atoms with E-state index in [1.54, 1.807) is 13.2 Å². The first-order valence-electron chi connectivity index (χ1n) is 6.44. The molecule has 1 heterocycles. The standard InChI is InChI=1S/C14H17BrN4O2/c1-3-21-8-14-18-12(16)7-13(19-14)17-9-4-5-10(15)11(6-9)20-2/h4-7H,3,8H2,1-2H3,(H3,16,17,18,19). The molecule has 1 aromatic heterocycles. The zero-order valence-corrected chi connectivity index (χ0v) is 13.5. The monoisotopic (exact) mass is 352 g/mol. The maximum Gasteiger partial charge on any atom is 0.158 e. The van der Waals surface area contributed by atoms with Crippen LogP contribution in [0.25, 0.3) is 0 Å². The fourth-order valence-corrected chi connectivity index (χ4v) is 2.13. The summed E-state index contributed by atoms with van der Waals surface area (Å²) in [5, 5.41) is 3.18. The van der Waals surface area contributed by atoms with E-state index in [2.05, 4.69) is 31.2 Å². The minimum Gasteiger partial charge on any atom is -0.495 e. The van der Waals surface area contributed by atoms with Gasteiger partial charge in [0.15, 0.2) is 5.82 Å². The number of nitrogens with two attached hydrogens (primary N) is 1. The molecule has 21 heavy (non-hydrogen) atoms. The molecule has 0 spiro atoms. The molecule has 0 fully saturated rings. The summed E-state index contributed by atoms with van der Waals surface area (Å²) in [4.78, 5) is 8.49. The van der Waals surface area contributed by atoms with E-state index in [0.29, 0.717) is 30.7 Å². The van der Waals surface area contributed by atoms with Crippen LogP contribution >= 0.6 is 15.9 Å². The highest BCUT2D eigenvalue weighted by Gasteiger charge is 2.06. The molecule has 2 rings (SSSR count). The zero-order chi connectivity index (χ0) is 15.2. The molecule has 0 amide bonds. The van der Waals surface area contributed by atoms with E-state index in [0.717, 1.165) is 15.9 Å². The molecule has 0 aliphatic carbocycles. The topological polar surface area (TPSA) is 82.3 Å². The predicted molar refractivity (Wildman–Crippen MR) is 85.8 cm³/mol. The number of nitrogens with one attached hydrogen (secondary N) is 1. The summed E-state index contributed by atoms with van der Waals surface area (Å²) in [6.45, 7) is 2.85. The van der Waals surface area contributed by atoms with Crippen LogP contribution in [0.1, 0.15) is 12.7 Å². The molecule has 6 nitrogen and oxygen atoms in total. The van der Waals surface area contributed by atoms with Gasteiger partial charge in [0.25, 0.3) is 0 Å². The first kappa shape index (κ1) is 15.5. The summed E-state index contributed by atoms with van der Waals surface area (Å²) in [5.74, 6) is 2.29. The Morgan fingerprint density at radius 2 is 2.10 bits per heavy atom. The van der Waals surface area contributed by atoms with E-state index < -0.39 is 0 Å². The van der Waals surface area contributed by atoms with Gasteiger partial charge in [0.1, 0.15) is 24.0 Å². The average Bonchev–Trinajstić information content (AvgIpc) is 2.46. The Morgan fingerprint density at radius 3 is 2.81 bits per heavy atom. The van der Waals surface area contributed by atoms with Crippen LogP contribution in [0.15, 0.2) is 28.7 Å².